The van der Waals surface area contributed by atoms with Crippen molar-refractivity contribution in [3.05, 3.63) is 47.3 Å². The summed E-state index contributed by atoms with van der Waals surface area (Å²) in [6, 6.07) is 8.99. The van der Waals surface area contributed by atoms with E-state index in [9.17, 15) is 9.90 Å². The summed E-state index contributed by atoms with van der Waals surface area (Å²) in [6.07, 6.45) is 2.51. The molecule has 4 rings (SSSR count). The molecular formula is C22H33N5O2. The quantitative estimate of drug-likeness (QED) is 0.640. The molecule has 1 aromatic rings. The average Bonchev–Trinajstić information content (AvgIpc) is 3.15. The molecule has 0 spiro atoms. The molecule has 3 N–H and O–H groups in total. The summed E-state index contributed by atoms with van der Waals surface area (Å²) in [6.45, 7) is 9.88. The number of hydrogen-bond donors (Lipinski definition) is 3. The molecule has 0 aromatic heterocycles. The van der Waals surface area contributed by atoms with Crippen molar-refractivity contribution in [3.63, 3.8) is 0 Å². The molecule has 7 nitrogen and oxygen atoms in total. The first kappa shape index (κ1) is 20.2. The number of aliphatic hydroxyl groups is 1. The van der Waals surface area contributed by atoms with Crippen molar-refractivity contribution in [2.24, 2.45) is 0 Å². The number of aliphatic hydroxyl groups excluding tert-OH is 1. The van der Waals surface area contributed by atoms with Gasteiger partial charge in [-0.3, -0.25) is 14.6 Å². The Morgan fingerprint density at radius 1 is 1.24 bits per heavy atom. The third kappa shape index (κ3) is 4.74. The lowest BCUT2D eigenvalue weighted by Gasteiger charge is -2.39. The summed E-state index contributed by atoms with van der Waals surface area (Å²) in [5.74, 6) is -0.140. The van der Waals surface area contributed by atoms with E-state index in [1.165, 1.54) is 11.1 Å². The number of piperazine rings is 1. The fourth-order valence-corrected chi connectivity index (χ4v) is 4.46. The topological polar surface area (TPSA) is 71.1 Å². The number of β-amino-alcohol motifs (C(OH)–C–C–N with tert-alkyl or cyclic N) is 1. The first-order valence-electron chi connectivity index (χ1n) is 10.7. The van der Waals surface area contributed by atoms with Crippen molar-refractivity contribution in [2.45, 2.75) is 45.1 Å². The van der Waals surface area contributed by atoms with Crippen LogP contribution in [-0.2, 0) is 17.8 Å². The summed E-state index contributed by atoms with van der Waals surface area (Å²) in [5.41, 5.74) is 3.33. The van der Waals surface area contributed by atoms with Gasteiger partial charge in [0, 0.05) is 58.1 Å². The van der Waals surface area contributed by atoms with Crippen molar-refractivity contribution in [1.29, 1.82) is 0 Å². The molecule has 29 heavy (non-hydrogen) atoms. The van der Waals surface area contributed by atoms with E-state index >= 15 is 0 Å². The molecule has 1 saturated heterocycles. The molecule has 1 aromatic carbocycles. The van der Waals surface area contributed by atoms with Gasteiger partial charge in [0.2, 0.25) is 0 Å². The molecule has 2 unspecified atom stereocenters. The van der Waals surface area contributed by atoms with E-state index in [2.05, 4.69) is 63.4 Å². The Bertz CT molecular complexity index is 765. The van der Waals surface area contributed by atoms with Crippen LogP contribution in [0.3, 0.4) is 0 Å². The SMILES string of the molecule is CC(C)N1CCN2C=C(C(=O)NCC(O)CN3CCc4ccccc4C3)NC2C1. The van der Waals surface area contributed by atoms with Crippen LogP contribution in [0.4, 0.5) is 0 Å². The first-order valence-corrected chi connectivity index (χ1v) is 10.7. The molecule has 0 radical (unpaired) electrons. The number of amides is 1. The van der Waals surface area contributed by atoms with Crippen molar-refractivity contribution in [1.82, 2.24) is 25.3 Å². The second-order valence-electron chi connectivity index (χ2n) is 8.65. The van der Waals surface area contributed by atoms with Gasteiger partial charge in [0.1, 0.15) is 11.9 Å². The van der Waals surface area contributed by atoms with Gasteiger partial charge in [-0.25, -0.2) is 0 Å². The maximum atomic E-state index is 12.6. The lowest BCUT2D eigenvalue weighted by atomic mass is 10.00. The summed E-state index contributed by atoms with van der Waals surface area (Å²) in [7, 11) is 0. The molecule has 3 aliphatic rings. The Kier molecular flexibility index (Phi) is 6.08. The van der Waals surface area contributed by atoms with Crippen LogP contribution in [0.15, 0.2) is 36.2 Å². The largest absolute Gasteiger partial charge is 0.390 e. The van der Waals surface area contributed by atoms with Crippen LogP contribution < -0.4 is 10.6 Å². The highest BCUT2D eigenvalue weighted by atomic mass is 16.3. The fraction of sp³-hybridized carbons (Fsp3) is 0.591. The molecule has 0 bridgehead atoms. The fourth-order valence-electron chi connectivity index (χ4n) is 4.46. The number of rotatable bonds is 6. The zero-order valence-corrected chi connectivity index (χ0v) is 17.5. The van der Waals surface area contributed by atoms with Gasteiger partial charge in [-0.15, -0.1) is 0 Å². The average molecular weight is 400 g/mol. The van der Waals surface area contributed by atoms with Crippen LogP contribution in [0, 0.1) is 0 Å². The maximum absolute atomic E-state index is 12.6. The van der Waals surface area contributed by atoms with Crippen molar-refractivity contribution >= 4 is 5.91 Å². The Labute approximate surface area is 173 Å². The molecule has 7 heteroatoms. The van der Waals surface area contributed by atoms with Gasteiger partial charge in [0.05, 0.1) is 6.10 Å². The van der Waals surface area contributed by atoms with E-state index in [1.54, 1.807) is 0 Å². The summed E-state index contributed by atoms with van der Waals surface area (Å²) < 4.78 is 0. The van der Waals surface area contributed by atoms with Crippen molar-refractivity contribution in [2.75, 3.05) is 39.3 Å². The van der Waals surface area contributed by atoms with Gasteiger partial charge in [-0.05, 0) is 31.4 Å². The second-order valence-corrected chi connectivity index (χ2v) is 8.65. The van der Waals surface area contributed by atoms with E-state index in [4.69, 9.17) is 0 Å². The number of nitrogens with one attached hydrogen (secondary N) is 2. The predicted octanol–water partition coefficient (Wildman–Crippen LogP) is 0.319. The number of benzene rings is 1. The van der Waals surface area contributed by atoms with Crippen LogP contribution in [0.1, 0.15) is 25.0 Å². The molecular weight excluding hydrogens is 366 g/mol. The lowest BCUT2D eigenvalue weighted by molar-refractivity contribution is -0.118. The summed E-state index contributed by atoms with van der Waals surface area (Å²) in [5, 5.41) is 16.7. The summed E-state index contributed by atoms with van der Waals surface area (Å²) in [4.78, 5) is 19.4. The van der Waals surface area contributed by atoms with Crippen LogP contribution in [-0.4, -0.2) is 83.3 Å². The number of nitrogens with zero attached hydrogens (tertiary/aromatic N) is 3. The highest BCUT2D eigenvalue weighted by molar-refractivity contribution is 5.93. The Balaban J connectivity index is 1.22. The van der Waals surface area contributed by atoms with Crippen LogP contribution in [0.5, 0.6) is 0 Å². The Morgan fingerprint density at radius 3 is 2.83 bits per heavy atom. The maximum Gasteiger partial charge on any atom is 0.269 e. The van der Waals surface area contributed by atoms with E-state index in [1.807, 2.05) is 6.20 Å². The molecule has 0 aliphatic carbocycles. The van der Waals surface area contributed by atoms with E-state index in [0.717, 1.165) is 39.1 Å². The van der Waals surface area contributed by atoms with Crippen LogP contribution in [0.25, 0.3) is 0 Å². The highest BCUT2D eigenvalue weighted by Crippen LogP contribution is 2.19. The Morgan fingerprint density at radius 2 is 2.03 bits per heavy atom. The Hall–Kier alpha value is -2.09. The van der Waals surface area contributed by atoms with E-state index < -0.39 is 6.10 Å². The van der Waals surface area contributed by atoms with Gasteiger partial charge in [0.25, 0.3) is 5.91 Å². The van der Waals surface area contributed by atoms with Gasteiger partial charge in [-0.1, -0.05) is 24.3 Å². The molecule has 2 atom stereocenters. The van der Waals surface area contributed by atoms with Crippen molar-refractivity contribution in [3.8, 4) is 0 Å². The summed E-state index contributed by atoms with van der Waals surface area (Å²) >= 11 is 0. The number of carbonyl (C=O) groups is 1. The number of hydrogen-bond acceptors (Lipinski definition) is 6. The molecule has 3 aliphatic heterocycles. The minimum absolute atomic E-state index is 0.140. The number of fused-ring (bicyclic) bond motifs is 2. The van der Waals surface area contributed by atoms with Crippen molar-refractivity contribution < 1.29 is 9.90 Å². The number of carbonyl (C=O) groups excluding carboxylic acids is 1. The molecule has 1 fully saturated rings. The molecule has 158 valence electrons. The predicted molar refractivity (Wildman–Crippen MR) is 113 cm³/mol. The normalized spacial score (nSPS) is 23.2. The molecule has 1 amide bonds. The van der Waals surface area contributed by atoms with Crippen LogP contribution in [0.2, 0.25) is 0 Å². The van der Waals surface area contributed by atoms with E-state index in [0.29, 0.717) is 18.3 Å². The van der Waals surface area contributed by atoms with Gasteiger partial charge in [-0.2, -0.15) is 0 Å². The first-order chi connectivity index (χ1) is 14.0. The zero-order chi connectivity index (χ0) is 20.4. The van der Waals surface area contributed by atoms with Gasteiger partial charge >= 0.3 is 0 Å². The van der Waals surface area contributed by atoms with Gasteiger partial charge < -0.3 is 20.6 Å². The smallest absolute Gasteiger partial charge is 0.269 e. The van der Waals surface area contributed by atoms with Gasteiger partial charge in [0.15, 0.2) is 0 Å². The standard InChI is InChI=1S/C22H33N5O2/c1-16(2)26-9-10-27-14-20(24-21(27)15-26)22(29)23-11-19(28)13-25-8-7-17-5-3-4-6-18(17)12-25/h3-6,14,16,19,21,24,28H,7-13,15H2,1-2H3,(H,23,29). The third-order valence-electron chi connectivity index (χ3n) is 6.22. The monoisotopic (exact) mass is 399 g/mol. The zero-order valence-electron chi connectivity index (χ0n) is 17.5. The lowest BCUT2D eigenvalue weighted by Crippen LogP contribution is -2.55. The van der Waals surface area contributed by atoms with E-state index in [-0.39, 0.29) is 18.6 Å². The minimum Gasteiger partial charge on any atom is -0.390 e. The minimum atomic E-state index is -0.578. The van der Waals surface area contributed by atoms with Crippen LogP contribution >= 0.6 is 0 Å². The third-order valence-corrected chi connectivity index (χ3v) is 6.22. The second kappa shape index (κ2) is 8.73. The highest BCUT2D eigenvalue weighted by Gasteiger charge is 2.33. The molecule has 3 heterocycles. The molecule has 0 saturated carbocycles.